The van der Waals surface area contributed by atoms with E-state index in [0.29, 0.717) is 18.8 Å². The molecular weight excluding hydrogens is 329 g/mol. The van der Waals surface area contributed by atoms with Crippen molar-refractivity contribution in [3.8, 4) is 0 Å². The van der Waals surface area contributed by atoms with Gasteiger partial charge < -0.3 is 15.5 Å². The number of nitrogens with two attached hydrogens (primary N) is 1. The molecule has 0 unspecified atom stereocenters. The number of benzene rings is 1. The number of primary amides is 1. The molecule has 126 valence electrons. The van der Waals surface area contributed by atoms with E-state index in [9.17, 15) is 9.18 Å². The van der Waals surface area contributed by atoms with Gasteiger partial charge in [0.2, 0.25) is 5.91 Å². The summed E-state index contributed by atoms with van der Waals surface area (Å²) < 4.78 is 13.9. The predicted molar refractivity (Wildman–Crippen MR) is 92.8 cm³/mol. The zero-order valence-electron chi connectivity index (χ0n) is 13.1. The Hall–Kier alpha value is -2.35. The Morgan fingerprint density at radius 3 is 2.58 bits per heavy atom. The van der Waals surface area contributed by atoms with Crippen LogP contribution in [0.5, 0.6) is 0 Å². The molecule has 1 aliphatic heterocycles. The zero-order valence-corrected chi connectivity index (χ0v) is 13.9. The van der Waals surface area contributed by atoms with Gasteiger partial charge in [-0.3, -0.25) is 4.79 Å². The van der Waals surface area contributed by atoms with Crippen LogP contribution in [-0.4, -0.2) is 47.8 Å². The number of carbonyl (C=O) groups is 1. The molecule has 3 rings (SSSR count). The van der Waals surface area contributed by atoms with Crippen molar-refractivity contribution in [3.63, 3.8) is 0 Å². The third kappa shape index (κ3) is 3.94. The number of amides is 1. The molecule has 0 spiro atoms. The molecule has 6 nitrogen and oxygen atoms in total. The quantitative estimate of drug-likeness (QED) is 0.653. The summed E-state index contributed by atoms with van der Waals surface area (Å²) in [4.78, 5) is 23.5. The standard InChI is InChI=1S/C16H18FN5OS/c17-12-3-1-2-4-13(12)21-5-7-22(8-6-21)15-9-16(20-11-19-15)24-10-14(18)23/h1-4,9,11H,5-8,10H2,(H2,18,23). The third-order valence-corrected chi connectivity index (χ3v) is 4.73. The Morgan fingerprint density at radius 1 is 1.17 bits per heavy atom. The molecule has 2 heterocycles. The number of para-hydroxylation sites is 1. The molecule has 0 saturated carbocycles. The number of carbonyl (C=O) groups excluding carboxylic acids is 1. The zero-order chi connectivity index (χ0) is 16.9. The molecule has 1 fully saturated rings. The second-order valence-corrected chi connectivity index (χ2v) is 6.39. The van der Waals surface area contributed by atoms with Crippen molar-refractivity contribution in [2.24, 2.45) is 5.73 Å². The second kappa shape index (κ2) is 7.48. The highest BCUT2D eigenvalue weighted by atomic mass is 32.2. The summed E-state index contributed by atoms with van der Waals surface area (Å²) in [6.45, 7) is 2.92. The average Bonchev–Trinajstić information content (AvgIpc) is 2.61. The van der Waals surface area contributed by atoms with E-state index in [4.69, 9.17) is 5.73 Å². The number of halogens is 1. The molecule has 0 atom stereocenters. The summed E-state index contributed by atoms with van der Waals surface area (Å²) in [5.41, 5.74) is 5.79. The Kier molecular flexibility index (Phi) is 5.14. The van der Waals surface area contributed by atoms with Crippen molar-refractivity contribution >= 4 is 29.2 Å². The van der Waals surface area contributed by atoms with Gasteiger partial charge in [0.05, 0.1) is 11.4 Å². The summed E-state index contributed by atoms with van der Waals surface area (Å²) in [6.07, 6.45) is 1.49. The molecule has 0 radical (unpaired) electrons. The molecule has 2 aromatic rings. The number of hydrogen-bond donors (Lipinski definition) is 1. The van der Waals surface area contributed by atoms with Gasteiger partial charge in [0.25, 0.3) is 0 Å². The van der Waals surface area contributed by atoms with Crippen LogP contribution in [0.3, 0.4) is 0 Å². The second-order valence-electron chi connectivity index (χ2n) is 5.39. The number of piperazine rings is 1. The molecule has 1 amide bonds. The van der Waals surface area contributed by atoms with Crippen molar-refractivity contribution in [1.82, 2.24) is 9.97 Å². The molecule has 24 heavy (non-hydrogen) atoms. The highest BCUT2D eigenvalue weighted by Gasteiger charge is 2.20. The molecule has 1 aliphatic rings. The fraction of sp³-hybridized carbons (Fsp3) is 0.312. The molecule has 2 N–H and O–H groups in total. The van der Waals surface area contributed by atoms with Crippen molar-refractivity contribution in [3.05, 3.63) is 42.5 Å². The number of nitrogens with zero attached hydrogens (tertiary/aromatic N) is 4. The van der Waals surface area contributed by atoms with E-state index in [1.165, 1.54) is 24.2 Å². The van der Waals surface area contributed by atoms with Gasteiger partial charge >= 0.3 is 0 Å². The van der Waals surface area contributed by atoms with Crippen LogP contribution in [0.2, 0.25) is 0 Å². The summed E-state index contributed by atoms with van der Waals surface area (Å²) in [5.74, 6) is 0.430. The van der Waals surface area contributed by atoms with Crippen LogP contribution >= 0.6 is 11.8 Å². The first-order chi connectivity index (χ1) is 11.6. The Balaban J connectivity index is 1.63. The predicted octanol–water partition coefficient (Wildman–Crippen LogP) is 1.52. The lowest BCUT2D eigenvalue weighted by atomic mass is 10.2. The van der Waals surface area contributed by atoms with Gasteiger partial charge in [-0.05, 0) is 12.1 Å². The van der Waals surface area contributed by atoms with Crippen LogP contribution in [0.15, 0.2) is 41.7 Å². The van der Waals surface area contributed by atoms with Crippen LogP contribution in [-0.2, 0) is 4.79 Å². The monoisotopic (exact) mass is 347 g/mol. The molecule has 8 heteroatoms. The largest absolute Gasteiger partial charge is 0.369 e. The molecule has 0 aliphatic carbocycles. The van der Waals surface area contributed by atoms with Crippen molar-refractivity contribution < 1.29 is 9.18 Å². The highest BCUT2D eigenvalue weighted by Crippen LogP contribution is 2.23. The van der Waals surface area contributed by atoms with Crippen LogP contribution < -0.4 is 15.5 Å². The van der Waals surface area contributed by atoms with E-state index in [-0.39, 0.29) is 17.5 Å². The first-order valence-electron chi connectivity index (χ1n) is 7.61. The van der Waals surface area contributed by atoms with Gasteiger partial charge in [0.15, 0.2) is 0 Å². The van der Waals surface area contributed by atoms with Crippen LogP contribution in [0.1, 0.15) is 0 Å². The summed E-state index contributed by atoms with van der Waals surface area (Å²) in [5, 5.41) is 0.718. The van der Waals surface area contributed by atoms with Crippen LogP contribution in [0.25, 0.3) is 0 Å². The molecule has 1 aromatic carbocycles. The molecule has 0 bridgehead atoms. The van der Waals surface area contributed by atoms with Gasteiger partial charge in [-0.2, -0.15) is 0 Å². The Labute approximate surface area is 143 Å². The van der Waals surface area contributed by atoms with E-state index in [1.54, 1.807) is 12.1 Å². The SMILES string of the molecule is NC(=O)CSc1cc(N2CCN(c3ccccc3F)CC2)ncn1. The Morgan fingerprint density at radius 2 is 1.88 bits per heavy atom. The molecule has 1 saturated heterocycles. The van der Waals surface area contributed by atoms with E-state index in [1.807, 2.05) is 17.0 Å². The lowest BCUT2D eigenvalue weighted by molar-refractivity contribution is -0.115. The fourth-order valence-electron chi connectivity index (χ4n) is 2.61. The summed E-state index contributed by atoms with van der Waals surface area (Å²) in [7, 11) is 0. The first kappa shape index (κ1) is 16.5. The van der Waals surface area contributed by atoms with Crippen LogP contribution in [0, 0.1) is 5.82 Å². The van der Waals surface area contributed by atoms with Crippen molar-refractivity contribution in [2.75, 3.05) is 41.7 Å². The van der Waals surface area contributed by atoms with Gasteiger partial charge in [-0.15, -0.1) is 0 Å². The maximum absolute atomic E-state index is 13.9. The smallest absolute Gasteiger partial charge is 0.227 e. The number of thioether (sulfide) groups is 1. The average molecular weight is 347 g/mol. The van der Waals surface area contributed by atoms with E-state index >= 15 is 0 Å². The van der Waals surface area contributed by atoms with Crippen molar-refractivity contribution in [2.45, 2.75) is 5.03 Å². The number of hydrogen-bond acceptors (Lipinski definition) is 6. The van der Waals surface area contributed by atoms with E-state index in [2.05, 4.69) is 14.9 Å². The minimum Gasteiger partial charge on any atom is -0.369 e. The minimum atomic E-state index is -0.376. The summed E-state index contributed by atoms with van der Waals surface area (Å²) in [6, 6.07) is 8.67. The first-order valence-corrected chi connectivity index (χ1v) is 8.59. The number of aromatic nitrogens is 2. The van der Waals surface area contributed by atoms with Gasteiger partial charge in [-0.25, -0.2) is 14.4 Å². The fourth-order valence-corrected chi connectivity index (χ4v) is 3.21. The maximum atomic E-state index is 13.9. The Bertz CT molecular complexity index is 721. The van der Waals surface area contributed by atoms with Crippen molar-refractivity contribution in [1.29, 1.82) is 0 Å². The number of rotatable bonds is 5. The maximum Gasteiger partial charge on any atom is 0.227 e. The van der Waals surface area contributed by atoms with Gasteiger partial charge in [-0.1, -0.05) is 23.9 Å². The summed E-state index contributed by atoms with van der Waals surface area (Å²) >= 11 is 1.29. The van der Waals surface area contributed by atoms with Gasteiger partial charge in [0, 0.05) is 32.2 Å². The normalized spacial score (nSPS) is 14.7. The third-order valence-electron chi connectivity index (χ3n) is 3.79. The lowest BCUT2D eigenvalue weighted by Crippen LogP contribution is -2.47. The minimum absolute atomic E-state index is 0.192. The van der Waals surface area contributed by atoms with Crippen LogP contribution in [0.4, 0.5) is 15.9 Å². The molecule has 1 aromatic heterocycles. The van der Waals surface area contributed by atoms with Gasteiger partial charge in [0.1, 0.15) is 23.0 Å². The highest BCUT2D eigenvalue weighted by molar-refractivity contribution is 7.99. The van der Waals surface area contributed by atoms with E-state index in [0.717, 1.165) is 23.9 Å². The lowest BCUT2D eigenvalue weighted by Gasteiger charge is -2.36. The number of anilines is 2. The van der Waals surface area contributed by atoms with E-state index < -0.39 is 0 Å². The molecular formula is C16H18FN5OS. The topological polar surface area (TPSA) is 75.4 Å².